The van der Waals surface area contributed by atoms with Crippen molar-refractivity contribution < 1.29 is 13.2 Å². The summed E-state index contributed by atoms with van der Waals surface area (Å²) in [7, 11) is 0. The highest BCUT2D eigenvalue weighted by molar-refractivity contribution is 5.75. The Kier molecular flexibility index (Phi) is 6.19. The zero-order valence-electron chi connectivity index (χ0n) is 14.0. The van der Waals surface area contributed by atoms with Crippen LogP contribution in [0.15, 0.2) is 24.3 Å². The van der Waals surface area contributed by atoms with E-state index in [1.165, 1.54) is 38.4 Å². The molecule has 0 bridgehead atoms. The lowest BCUT2D eigenvalue weighted by molar-refractivity contribution is -0.137. The number of hydrogen-bond acceptors (Lipinski definition) is 5. The third-order valence-corrected chi connectivity index (χ3v) is 3.88. The molecule has 0 spiro atoms. The Bertz CT molecular complexity index is 700. The molecule has 5 nitrogen and oxygen atoms in total. The van der Waals surface area contributed by atoms with Crippen molar-refractivity contribution in [2.45, 2.75) is 32.4 Å². The topological polar surface area (TPSA) is 89.8 Å². The molecule has 1 aliphatic rings. The first-order valence-electron chi connectivity index (χ1n) is 8.06. The smallest absolute Gasteiger partial charge is 0.398 e. The number of nitrogens with zero attached hydrogens (tertiary/aromatic N) is 2. The second-order valence-corrected chi connectivity index (χ2v) is 5.91. The molecular formula is C17H22F3N5. The molecule has 1 aromatic carbocycles. The normalized spacial score (nSPS) is 14.6. The zero-order chi connectivity index (χ0) is 18.4. The molecule has 3 rings (SSSR count). The summed E-state index contributed by atoms with van der Waals surface area (Å²) in [5.74, 6) is 0.272. The lowest BCUT2D eigenvalue weighted by atomic mass is 10.0. The van der Waals surface area contributed by atoms with Crippen molar-refractivity contribution in [1.82, 2.24) is 15.5 Å². The molecule has 1 fully saturated rings. The van der Waals surface area contributed by atoms with Gasteiger partial charge in [0.25, 0.3) is 0 Å². The van der Waals surface area contributed by atoms with Gasteiger partial charge in [-0.25, -0.2) is 0 Å². The first-order valence-corrected chi connectivity index (χ1v) is 8.06. The fraction of sp³-hybridized carbons (Fsp3) is 0.412. The van der Waals surface area contributed by atoms with Crippen LogP contribution in [-0.2, 0) is 6.18 Å². The van der Waals surface area contributed by atoms with Crippen molar-refractivity contribution in [2.75, 3.05) is 24.6 Å². The summed E-state index contributed by atoms with van der Waals surface area (Å²) < 4.78 is 37.6. The number of nitrogen functional groups attached to an aromatic ring is 2. The van der Waals surface area contributed by atoms with E-state index >= 15 is 0 Å². The van der Waals surface area contributed by atoms with Gasteiger partial charge in [-0.1, -0.05) is 12.5 Å². The number of nitrogens with two attached hydrogens (primary N) is 2. The van der Waals surface area contributed by atoms with Gasteiger partial charge in [-0.15, -0.1) is 10.2 Å². The molecule has 0 aliphatic carbocycles. The summed E-state index contributed by atoms with van der Waals surface area (Å²) in [6, 6.07) is 4.74. The van der Waals surface area contributed by atoms with Crippen LogP contribution in [0.4, 0.5) is 24.7 Å². The summed E-state index contributed by atoms with van der Waals surface area (Å²) >= 11 is 0. The zero-order valence-corrected chi connectivity index (χ0v) is 14.0. The summed E-state index contributed by atoms with van der Waals surface area (Å²) in [5, 5.41) is 10.8. The molecule has 8 heteroatoms. The van der Waals surface area contributed by atoms with Crippen LogP contribution in [0.5, 0.6) is 0 Å². The van der Waals surface area contributed by atoms with Gasteiger partial charge in [0.2, 0.25) is 0 Å². The summed E-state index contributed by atoms with van der Waals surface area (Å²) in [5.41, 5.74) is 11.8. The van der Waals surface area contributed by atoms with E-state index in [0.29, 0.717) is 16.8 Å². The van der Waals surface area contributed by atoms with Crippen molar-refractivity contribution >= 4 is 11.5 Å². The molecule has 0 amide bonds. The Balaban J connectivity index is 0.000000316. The number of hydrogen-bond donors (Lipinski definition) is 3. The minimum atomic E-state index is -4.42. The van der Waals surface area contributed by atoms with E-state index in [1.54, 1.807) is 13.0 Å². The van der Waals surface area contributed by atoms with Crippen LogP contribution in [0.2, 0.25) is 0 Å². The number of alkyl halides is 3. The molecule has 2 aromatic rings. The molecule has 0 atom stereocenters. The van der Waals surface area contributed by atoms with Gasteiger partial charge >= 0.3 is 6.18 Å². The second-order valence-electron chi connectivity index (χ2n) is 5.91. The molecule has 1 aliphatic heterocycles. The lowest BCUT2D eigenvalue weighted by Gasteiger charge is -2.10. The molecule has 136 valence electrons. The SMILES string of the molecule is C1CCNCC1.Cc1cc(-c2ccc(C(F)(F)F)cc2N)nnc1N. The van der Waals surface area contributed by atoms with Crippen LogP contribution in [0.1, 0.15) is 30.4 Å². The van der Waals surface area contributed by atoms with E-state index in [4.69, 9.17) is 11.5 Å². The van der Waals surface area contributed by atoms with Crippen molar-refractivity contribution in [2.24, 2.45) is 0 Å². The summed E-state index contributed by atoms with van der Waals surface area (Å²) in [6.45, 7) is 4.23. The lowest BCUT2D eigenvalue weighted by Crippen LogP contribution is -2.21. The standard InChI is InChI=1S/C12H11F3N4.C5H11N/c1-6-4-10(18-19-11(6)17)8-3-2-7(5-9(8)16)12(13,14)15;1-2-4-6-5-3-1/h2-5H,16H2,1H3,(H2,17,19);6H,1-5H2. The maximum Gasteiger partial charge on any atom is 0.416 e. The van der Waals surface area contributed by atoms with Gasteiger partial charge in [-0.3, -0.25) is 0 Å². The Morgan fingerprint density at radius 3 is 2.12 bits per heavy atom. The van der Waals surface area contributed by atoms with Crippen molar-refractivity contribution in [3.8, 4) is 11.3 Å². The van der Waals surface area contributed by atoms with E-state index in [-0.39, 0.29) is 11.5 Å². The van der Waals surface area contributed by atoms with Gasteiger partial charge in [0.1, 0.15) is 5.82 Å². The molecule has 25 heavy (non-hydrogen) atoms. The number of aromatic nitrogens is 2. The van der Waals surface area contributed by atoms with Crippen LogP contribution in [-0.4, -0.2) is 23.3 Å². The van der Waals surface area contributed by atoms with Gasteiger partial charge in [0.15, 0.2) is 0 Å². The molecule has 1 aromatic heterocycles. The quantitative estimate of drug-likeness (QED) is 0.684. The Morgan fingerprint density at radius 1 is 1.00 bits per heavy atom. The molecule has 2 heterocycles. The van der Waals surface area contributed by atoms with Gasteiger partial charge in [-0.05, 0) is 56.6 Å². The largest absolute Gasteiger partial charge is 0.416 e. The van der Waals surface area contributed by atoms with Gasteiger partial charge < -0.3 is 16.8 Å². The maximum atomic E-state index is 12.5. The van der Waals surface area contributed by atoms with E-state index in [2.05, 4.69) is 15.5 Å². The first kappa shape index (κ1) is 19.0. The minimum absolute atomic E-state index is 0.00621. The van der Waals surface area contributed by atoms with E-state index in [9.17, 15) is 13.2 Å². The van der Waals surface area contributed by atoms with E-state index < -0.39 is 11.7 Å². The predicted octanol–water partition coefficient (Wildman–Crippen LogP) is 3.40. The van der Waals surface area contributed by atoms with Gasteiger partial charge in [-0.2, -0.15) is 13.2 Å². The molecule has 0 radical (unpaired) electrons. The van der Waals surface area contributed by atoms with Crippen molar-refractivity contribution in [1.29, 1.82) is 0 Å². The van der Waals surface area contributed by atoms with Crippen LogP contribution < -0.4 is 16.8 Å². The number of benzene rings is 1. The monoisotopic (exact) mass is 353 g/mol. The maximum absolute atomic E-state index is 12.5. The fourth-order valence-electron chi connectivity index (χ4n) is 2.40. The molecular weight excluding hydrogens is 331 g/mol. The average molecular weight is 353 g/mol. The number of piperidine rings is 1. The Morgan fingerprint density at radius 2 is 1.68 bits per heavy atom. The number of anilines is 2. The average Bonchev–Trinajstić information content (AvgIpc) is 2.59. The number of halogens is 3. The molecule has 0 unspecified atom stereocenters. The minimum Gasteiger partial charge on any atom is -0.398 e. The van der Waals surface area contributed by atoms with Gasteiger partial charge in [0, 0.05) is 11.3 Å². The van der Waals surface area contributed by atoms with Crippen LogP contribution in [0.25, 0.3) is 11.3 Å². The predicted molar refractivity (Wildman–Crippen MR) is 92.8 cm³/mol. The number of rotatable bonds is 1. The fourth-order valence-corrected chi connectivity index (χ4v) is 2.40. The summed E-state index contributed by atoms with van der Waals surface area (Å²) in [6.07, 6.45) is -0.206. The van der Waals surface area contributed by atoms with Crippen molar-refractivity contribution in [3.05, 3.63) is 35.4 Å². The third kappa shape index (κ3) is 5.32. The highest BCUT2D eigenvalue weighted by Gasteiger charge is 2.30. The van der Waals surface area contributed by atoms with Crippen LogP contribution in [0.3, 0.4) is 0 Å². The second kappa shape index (κ2) is 8.15. The molecule has 5 N–H and O–H groups in total. The Labute approximate surface area is 144 Å². The first-order chi connectivity index (χ1) is 11.8. The van der Waals surface area contributed by atoms with Crippen LogP contribution in [0, 0.1) is 6.92 Å². The highest BCUT2D eigenvalue weighted by atomic mass is 19.4. The number of aryl methyl sites for hydroxylation is 1. The summed E-state index contributed by atoms with van der Waals surface area (Å²) in [4.78, 5) is 0. The molecule has 1 saturated heterocycles. The Hall–Kier alpha value is -2.35. The highest BCUT2D eigenvalue weighted by Crippen LogP contribution is 2.34. The number of nitrogens with one attached hydrogen (secondary N) is 1. The van der Waals surface area contributed by atoms with Crippen molar-refractivity contribution in [3.63, 3.8) is 0 Å². The van der Waals surface area contributed by atoms with E-state index in [1.807, 2.05) is 0 Å². The van der Waals surface area contributed by atoms with Crippen LogP contribution >= 0.6 is 0 Å². The van der Waals surface area contributed by atoms with Gasteiger partial charge in [0.05, 0.1) is 11.3 Å². The van der Waals surface area contributed by atoms with E-state index in [0.717, 1.165) is 12.1 Å². The third-order valence-electron chi connectivity index (χ3n) is 3.88. The molecule has 0 saturated carbocycles.